The van der Waals surface area contributed by atoms with Gasteiger partial charge in [-0.2, -0.15) is 0 Å². The van der Waals surface area contributed by atoms with E-state index in [-0.39, 0.29) is 18.4 Å². The fraction of sp³-hybridized carbons (Fsp3) is 0.706. The maximum atomic E-state index is 12.2. The van der Waals surface area contributed by atoms with Crippen LogP contribution in [0, 0.1) is 0 Å². The van der Waals surface area contributed by atoms with Gasteiger partial charge >= 0.3 is 6.09 Å². The Morgan fingerprint density at radius 2 is 1.62 bits per heavy atom. The molecule has 1 aliphatic heterocycles. The first-order valence-electron chi connectivity index (χ1n) is 8.27. The third-order valence-electron chi connectivity index (χ3n) is 3.36. The van der Waals surface area contributed by atoms with Crippen LogP contribution in [0.1, 0.15) is 41.0 Å². The lowest BCUT2D eigenvalue weighted by atomic mass is 10.2. The Morgan fingerprint density at radius 3 is 2.21 bits per heavy atom. The Balaban J connectivity index is 2.46. The number of rotatable bonds is 3. The van der Waals surface area contributed by atoms with Gasteiger partial charge in [-0.05, 0) is 41.0 Å². The molecule has 0 radical (unpaired) electrons. The van der Waals surface area contributed by atoms with Crippen LogP contribution >= 0.6 is 0 Å². The van der Waals surface area contributed by atoms with Gasteiger partial charge in [-0.3, -0.25) is 9.59 Å². The molecule has 136 valence electrons. The molecule has 0 aliphatic carbocycles. The number of alkyl carbamates (subject to hydrolysis) is 1. The van der Waals surface area contributed by atoms with Crippen molar-refractivity contribution in [1.29, 1.82) is 0 Å². The zero-order valence-corrected chi connectivity index (χ0v) is 15.3. The van der Waals surface area contributed by atoms with E-state index in [2.05, 4.69) is 5.32 Å². The summed E-state index contributed by atoms with van der Waals surface area (Å²) in [5.74, 6) is -0.187. The summed E-state index contributed by atoms with van der Waals surface area (Å²) in [6, 6.07) is 0. The van der Waals surface area contributed by atoms with Crippen molar-refractivity contribution in [1.82, 2.24) is 15.1 Å². The largest absolute Gasteiger partial charge is 0.444 e. The van der Waals surface area contributed by atoms with Crippen molar-refractivity contribution in [2.45, 2.75) is 46.6 Å². The molecule has 7 nitrogen and oxygen atoms in total. The first-order valence-corrected chi connectivity index (χ1v) is 8.27. The molecule has 0 saturated carbocycles. The van der Waals surface area contributed by atoms with Crippen molar-refractivity contribution in [2.75, 3.05) is 32.7 Å². The molecule has 0 atom stereocenters. The molecule has 0 aromatic rings. The van der Waals surface area contributed by atoms with Gasteiger partial charge in [-0.1, -0.05) is 5.57 Å². The van der Waals surface area contributed by atoms with Crippen LogP contribution in [0.25, 0.3) is 0 Å². The summed E-state index contributed by atoms with van der Waals surface area (Å²) in [6.45, 7) is 11.1. The molecule has 0 unspecified atom stereocenters. The lowest BCUT2D eigenvalue weighted by Crippen LogP contribution is -2.43. The van der Waals surface area contributed by atoms with Crippen LogP contribution in [0.5, 0.6) is 0 Å². The Morgan fingerprint density at radius 1 is 1.04 bits per heavy atom. The molecule has 0 spiro atoms. The molecule has 0 aromatic heterocycles. The van der Waals surface area contributed by atoms with Gasteiger partial charge in [-0.25, -0.2) is 4.79 Å². The molecular formula is C17H29N3O4. The zero-order valence-electron chi connectivity index (χ0n) is 15.3. The smallest absolute Gasteiger partial charge is 0.408 e. The Bertz CT molecular complexity index is 504. The highest BCUT2D eigenvalue weighted by atomic mass is 16.6. The average Bonchev–Trinajstić information content (AvgIpc) is 2.68. The van der Waals surface area contributed by atoms with E-state index in [4.69, 9.17) is 4.74 Å². The second-order valence-corrected chi connectivity index (χ2v) is 7.14. The van der Waals surface area contributed by atoms with Crippen LogP contribution in [-0.2, 0) is 14.3 Å². The van der Waals surface area contributed by atoms with E-state index in [1.165, 1.54) is 0 Å². The summed E-state index contributed by atoms with van der Waals surface area (Å²) < 4.78 is 5.11. The number of hydrogen-bond acceptors (Lipinski definition) is 4. The second-order valence-electron chi connectivity index (χ2n) is 7.14. The number of carbonyl (C=O) groups excluding carboxylic acids is 3. The predicted octanol–water partition coefficient (Wildman–Crippen LogP) is 1.54. The highest BCUT2D eigenvalue weighted by Crippen LogP contribution is 2.07. The minimum atomic E-state index is -0.606. The number of nitrogens with zero attached hydrogens (tertiary/aromatic N) is 2. The van der Waals surface area contributed by atoms with Gasteiger partial charge in [-0.15, -0.1) is 0 Å². The van der Waals surface area contributed by atoms with Gasteiger partial charge in [0.15, 0.2) is 0 Å². The molecule has 1 heterocycles. The molecule has 0 aromatic carbocycles. The summed E-state index contributed by atoms with van der Waals surface area (Å²) in [6.07, 6.45) is 1.73. The topological polar surface area (TPSA) is 79.0 Å². The quantitative estimate of drug-likeness (QED) is 0.791. The summed E-state index contributed by atoms with van der Waals surface area (Å²) in [4.78, 5) is 39.3. The SMILES string of the molecule is CC(C)=CC(=O)N1CCCN(C(=O)CNC(=O)OC(C)(C)C)CC1. The predicted molar refractivity (Wildman–Crippen MR) is 91.4 cm³/mol. The van der Waals surface area contributed by atoms with Crippen molar-refractivity contribution in [3.8, 4) is 0 Å². The summed E-state index contributed by atoms with van der Waals surface area (Å²) in [5.41, 5.74) is 0.361. The zero-order chi connectivity index (χ0) is 18.3. The van der Waals surface area contributed by atoms with Gasteiger partial charge in [0.2, 0.25) is 11.8 Å². The van der Waals surface area contributed by atoms with E-state index in [1.54, 1.807) is 36.6 Å². The molecule has 1 aliphatic rings. The van der Waals surface area contributed by atoms with Crippen molar-refractivity contribution in [2.24, 2.45) is 0 Å². The average molecular weight is 339 g/mol. The van der Waals surface area contributed by atoms with Crippen molar-refractivity contribution < 1.29 is 19.1 Å². The van der Waals surface area contributed by atoms with E-state index >= 15 is 0 Å². The van der Waals surface area contributed by atoms with E-state index in [9.17, 15) is 14.4 Å². The normalized spacial score (nSPS) is 15.4. The Kier molecular flexibility index (Phi) is 7.25. The number of hydrogen-bond donors (Lipinski definition) is 1. The van der Waals surface area contributed by atoms with Crippen molar-refractivity contribution in [3.05, 3.63) is 11.6 Å². The third kappa shape index (κ3) is 7.48. The third-order valence-corrected chi connectivity index (χ3v) is 3.36. The lowest BCUT2D eigenvalue weighted by Gasteiger charge is -2.23. The van der Waals surface area contributed by atoms with Gasteiger partial charge in [0.1, 0.15) is 12.1 Å². The summed E-state index contributed by atoms with van der Waals surface area (Å²) >= 11 is 0. The fourth-order valence-corrected chi connectivity index (χ4v) is 2.30. The molecule has 24 heavy (non-hydrogen) atoms. The van der Waals surface area contributed by atoms with E-state index < -0.39 is 11.7 Å². The van der Waals surface area contributed by atoms with E-state index in [1.807, 2.05) is 13.8 Å². The number of ether oxygens (including phenoxy) is 1. The van der Waals surface area contributed by atoms with Gasteiger partial charge in [0.25, 0.3) is 0 Å². The second kappa shape index (κ2) is 8.70. The van der Waals surface area contributed by atoms with Crippen molar-refractivity contribution in [3.63, 3.8) is 0 Å². The van der Waals surface area contributed by atoms with E-state index in [0.29, 0.717) is 26.2 Å². The first kappa shape index (κ1) is 20.0. The summed E-state index contributed by atoms with van der Waals surface area (Å²) in [7, 11) is 0. The number of amides is 3. The molecule has 0 bridgehead atoms. The van der Waals surface area contributed by atoms with Crippen LogP contribution < -0.4 is 5.32 Å². The molecule has 1 rings (SSSR count). The minimum Gasteiger partial charge on any atom is -0.444 e. The molecule has 7 heteroatoms. The fourth-order valence-electron chi connectivity index (χ4n) is 2.30. The van der Waals surface area contributed by atoms with Crippen LogP contribution in [0.3, 0.4) is 0 Å². The standard InChI is InChI=1S/C17H29N3O4/c1-13(2)11-14(21)19-7-6-8-20(10-9-19)15(22)12-18-16(23)24-17(3,4)5/h11H,6-10,12H2,1-5H3,(H,18,23). The summed E-state index contributed by atoms with van der Waals surface area (Å²) in [5, 5.41) is 2.47. The van der Waals surface area contributed by atoms with E-state index in [0.717, 1.165) is 12.0 Å². The number of allylic oxidation sites excluding steroid dienone is 1. The minimum absolute atomic E-state index is 0.0174. The lowest BCUT2D eigenvalue weighted by molar-refractivity contribution is -0.131. The highest BCUT2D eigenvalue weighted by Gasteiger charge is 2.22. The molecule has 3 amide bonds. The van der Waals surface area contributed by atoms with Crippen LogP contribution in [0.4, 0.5) is 4.79 Å². The number of carbonyl (C=O) groups is 3. The monoisotopic (exact) mass is 339 g/mol. The molecule has 1 saturated heterocycles. The first-order chi connectivity index (χ1) is 11.1. The molecule has 1 N–H and O–H groups in total. The number of nitrogens with one attached hydrogen (secondary N) is 1. The van der Waals surface area contributed by atoms with Gasteiger partial charge in [0.05, 0.1) is 0 Å². The highest BCUT2D eigenvalue weighted by molar-refractivity contribution is 5.88. The van der Waals surface area contributed by atoms with Crippen LogP contribution in [0.15, 0.2) is 11.6 Å². The van der Waals surface area contributed by atoms with Crippen LogP contribution in [0.2, 0.25) is 0 Å². The molecule has 1 fully saturated rings. The Hall–Kier alpha value is -2.05. The van der Waals surface area contributed by atoms with Crippen LogP contribution in [-0.4, -0.2) is 66.0 Å². The van der Waals surface area contributed by atoms with Gasteiger partial charge in [0, 0.05) is 32.3 Å². The maximum Gasteiger partial charge on any atom is 0.408 e. The maximum absolute atomic E-state index is 12.2. The van der Waals surface area contributed by atoms with Gasteiger partial charge < -0.3 is 19.9 Å². The molecular weight excluding hydrogens is 310 g/mol. The Labute approximate surface area is 144 Å². The van der Waals surface area contributed by atoms with Crippen molar-refractivity contribution >= 4 is 17.9 Å².